The third kappa shape index (κ3) is 5.32. The summed E-state index contributed by atoms with van der Waals surface area (Å²) < 4.78 is 125. The zero-order valence-electron chi connectivity index (χ0n) is 41.8. The van der Waals surface area contributed by atoms with Crippen molar-refractivity contribution in [2.45, 2.75) is 0 Å². The molecule has 0 aliphatic heterocycles. The fraction of sp³-hybridized carbons (Fsp3) is 0. The first kappa shape index (κ1) is 21.1. The molecule has 11 rings (SSSR count). The largest absolute Gasteiger partial charge is 0.456 e. The van der Waals surface area contributed by atoms with Gasteiger partial charge in [0.2, 0.25) is 0 Å². The molecular formula is C52H33NOS. The van der Waals surface area contributed by atoms with Gasteiger partial charge in [0.25, 0.3) is 0 Å². The molecule has 0 radical (unpaired) electrons. The van der Waals surface area contributed by atoms with Gasteiger partial charge in [-0.15, -0.1) is 11.3 Å². The minimum Gasteiger partial charge on any atom is -0.456 e. The fourth-order valence-corrected chi connectivity index (χ4v) is 8.55. The van der Waals surface area contributed by atoms with E-state index in [0.29, 0.717) is 16.6 Å². The molecule has 0 fully saturated rings. The minimum atomic E-state index is -0.600. The van der Waals surface area contributed by atoms with Crippen molar-refractivity contribution in [1.82, 2.24) is 0 Å². The van der Waals surface area contributed by atoms with Crippen molar-refractivity contribution in [1.29, 1.82) is 0 Å². The Kier molecular flexibility index (Phi) is 4.93. The molecule has 0 bridgehead atoms. The maximum Gasteiger partial charge on any atom is 0.136 e. The average molecular weight is 733 g/mol. The third-order valence-electron chi connectivity index (χ3n) is 9.95. The van der Waals surface area contributed by atoms with Gasteiger partial charge in [-0.2, -0.15) is 0 Å². The summed E-state index contributed by atoms with van der Waals surface area (Å²) in [5.74, 6) is 0. The summed E-state index contributed by atoms with van der Waals surface area (Å²) in [5, 5.41) is 2.96. The van der Waals surface area contributed by atoms with Gasteiger partial charge in [-0.1, -0.05) is 145 Å². The summed E-state index contributed by atoms with van der Waals surface area (Å²) in [6, 6.07) is 31.6. The van der Waals surface area contributed by atoms with Crippen molar-refractivity contribution in [2.75, 3.05) is 4.90 Å². The van der Waals surface area contributed by atoms with Gasteiger partial charge in [0, 0.05) is 47.7 Å². The molecular weight excluding hydrogens is 687 g/mol. The Morgan fingerprint density at radius 3 is 2.00 bits per heavy atom. The molecule has 0 aliphatic rings. The molecule has 258 valence electrons. The van der Waals surface area contributed by atoms with Gasteiger partial charge in [0.1, 0.15) is 11.2 Å². The Balaban J connectivity index is 1.22. The molecule has 3 heteroatoms. The van der Waals surface area contributed by atoms with Gasteiger partial charge in [0.05, 0.1) is 23.5 Å². The number of benzene rings is 9. The van der Waals surface area contributed by atoms with E-state index in [1.807, 2.05) is 97.1 Å². The number of thiophene rings is 1. The van der Waals surface area contributed by atoms with Crippen LogP contribution < -0.4 is 4.90 Å². The lowest BCUT2D eigenvalue weighted by Crippen LogP contribution is -2.10. The van der Waals surface area contributed by atoms with Crippen LogP contribution in [0.5, 0.6) is 0 Å². The summed E-state index contributed by atoms with van der Waals surface area (Å²) in [5.41, 5.74) is 3.22. The number of furan rings is 1. The molecule has 0 saturated carbocycles. The first-order valence-electron chi connectivity index (χ1n) is 24.1. The molecule has 2 heterocycles. The molecule has 11 aromatic rings. The molecule has 0 amide bonds. The number of hydrogen-bond donors (Lipinski definition) is 0. The second kappa shape index (κ2) is 12.9. The van der Waals surface area contributed by atoms with Crippen molar-refractivity contribution in [3.63, 3.8) is 0 Å². The molecule has 0 spiro atoms. The molecule has 0 aliphatic carbocycles. The van der Waals surface area contributed by atoms with Crippen LogP contribution in [0.3, 0.4) is 0 Å². The summed E-state index contributed by atoms with van der Waals surface area (Å²) in [6.07, 6.45) is 0. The van der Waals surface area contributed by atoms with Crippen LogP contribution in [0, 0.1) is 0 Å². The van der Waals surface area contributed by atoms with Crippen LogP contribution >= 0.6 is 11.3 Å². The first-order chi connectivity index (χ1) is 32.6. The predicted molar refractivity (Wildman–Crippen MR) is 235 cm³/mol. The highest BCUT2D eigenvalue weighted by molar-refractivity contribution is 7.25. The van der Waals surface area contributed by atoms with Crippen molar-refractivity contribution in [2.24, 2.45) is 0 Å². The number of fused-ring (bicyclic) bond motifs is 8. The maximum absolute atomic E-state index is 9.52. The Labute approximate surface area is 341 Å². The number of hydrogen-bond acceptors (Lipinski definition) is 3. The standard InChI is InChI=1S/C52H33NOS/c1-3-11-34(12-4-1)36-21-23-38(24-22-36)41-16-10-19-47-51(41)52-45-17-9-18-46(42(45)31-32-48(52)54-47)53(39-27-25-37(26-28-39)35-13-5-2-6-14-35)40-29-30-44-43-15-7-8-20-49(43)55-50(44)33-40/h1-33H/i2D,5D,6D,9D,10D,13D,14D,16D,17D,19D,25D,26D,32D. The summed E-state index contributed by atoms with van der Waals surface area (Å²) in [6.45, 7) is 0. The van der Waals surface area contributed by atoms with Crippen LogP contribution in [0.2, 0.25) is 0 Å². The molecule has 2 aromatic heterocycles. The molecule has 2 nitrogen and oxygen atoms in total. The van der Waals surface area contributed by atoms with E-state index in [2.05, 4.69) is 0 Å². The SMILES string of the molecule is [2H]c1cc(N(c2ccc3c(c2)sc2ccccc23)c2cc([2H])c([2H])c3c2cc([2H])c2oc4c([2H])c([2H])c([2H])c(-c5ccc(-c6ccccc6)cc5)c4c23)cc([2H])c1-c1c([2H])c([2H])c([2H])c([2H])c1[2H]. The van der Waals surface area contributed by atoms with Crippen LogP contribution in [0.1, 0.15) is 17.8 Å². The highest BCUT2D eigenvalue weighted by Gasteiger charge is 2.21. The Bertz CT molecular complexity index is 3910. The topological polar surface area (TPSA) is 16.4 Å². The van der Waals surface area contributed by atoms with Crippen LogP contribution in [0.25, 0.3) is 86.3 Å². The smallest absolute Gasteiger partial charge is 0.136 e. The van der Waals surface area contributed by atoms with Crippen molar-refractivity contribution < 1.29 is 22.2 Å². The van der Waals surface area contributed by atoms with E-state index in [0.717, 1.165) is 31.3 Å². The zero-order chi connectivity index (χ0) is 47.6. The Morgan fingerprint density at radius 2 is 1.15 bits per heavy atom. The lowest BCUT2D eigenvalue weighted by molar-refractivity contribution is 0.669. The number of nitrogens with zero attached hydrogens (tertiary/aromatic N) is 1. The van der Waals surface area contributed by atoms with Crippen LogP contribution in [0.4, 0.5) is 17.1 Å². The highest BCUT2D eigenvalue weighted by Crippen LogP contribution is 2.46. The quantitative estimate of drug-likeness (QED) is 0.169. The first-order valence-corrected chi connectivity index (χ1v) is 18.4. The molecule has 0 saturated heterocycles. The maximum atomic E-state index is 9.52. The van der Waals surface area contributed by atoms with E-state index in [1.54, 1.807) is 16.2 Å². The average Bonchev–Trinajstić information content (AvgIpc) is 3.92. The monoisotopic (exact) mass is 732 g/mol. The van der Waals surface area contributed by atoms with Gasteiger partial charge in [-0.3, -0.25) is 0 Å². The van der Waals surface area contributed by atoms with Crippen molar-refractivity contribution in [3.05, 3.63) is 200 Å². The van der Waals surface area contributed by atoms with E-state index >= 15 is 0 Å². The van der Waals surface area contributed by atoms with Gasteiger partial charge < -0.3 is 9.32 Å². The number of anilines is 3. The lowest BCUT2D eigenvalue weighted by Gasteiger charge is -2.27. The van der Waals surface area contributed by atoms with Crippen molar-refractivity contribution in [3.8, 4) is 33.4 Å². The fourth-order valence-electron chi connectivity index (χ4n) is 7.41. The number of rotatable bonds is 6. The molecule has 9 aromatic carbocycles. The van der Waals surface area contributed by atoms with E-state index in [1.165, 1.54) is 24.3 Å². The Morgan fingerprint density at radius 1 is 0.418 bits per heavy atom. The van der Waals surface area contributed by atoms with Gasteiger partial charge in [0.15, 0.2) is 0 Å². The lowest BCUT2D eigenvalue weighted by atomic mass is 9.95. The molecule has 55 heavy (non-hydrogen) atoms. The van der Waals surface area contributed by atoms with E-state index in [9.17, 15) is 8.22 Å². The van der Waals surface area contributed by atoms with E-state index < -0.39 is 30.2 Å². The molecule has 0 unspecified atom stereocenters. The highest BCUT2D eigenvalue weighted by atomic mass is 32.1. The minimum absolute atomic E-state index is 0.00122. The second-order valence-electron chi connectivity index (χ2n) is 13.1. The van der Waals surface area contributed by atoms with Crippen LogP contribution in [-0.4, -0.2) is 0 Å². The van der Waals surface area contributed by atoms with Gasteiger partial charge in [-0.05, 0) is 93.3 Å². The zero-order valence-corrected chi connectivity index (χ0v) is 29.6. The van der Waals surface area contributed by atoms with Gasteiger partial charge in [-0.25, -0.2) is 0 Å². The predicted octanol–water partition coefficient (Wildman–Crippen LogP) is 15.6. The van der Waals surface area contributed by atoms with Crippen LogP contribution in [0.15, 0.2) is 204 Å². The summed E-state index contributed by atoms with van der Waals surface area (Å²) in [7, 11) is 0. The molecule has 0 N–H and O–H groups in total. The van der Waals surface area contributed by atoms with Gasteiger partial charge >= 0.3 is 0 Å². The Hall–Kier alpha value is -6.94. The van der Waals surface area contributed by atoms with Crippen LogP contribution in [-0.2, 0) is 0 Å². The third-order valence-corrected chi connectivity index (χ3v) is 11.1. The summed E-state index contributed by atoms with van der Waals surface area (Å²) >= 11 is 1.56. The van der Waals surface area contributed by atoms with Crippen molar-refractivity contribution >= 4 is 81.3 Å². The second-order valence-corrected chi connectivity index (χ2v) is 14.2. The molecule has 0 atom stereocenters. The van der Waals surface area contributed by atoms with E-state index in [4.69, 9.17) is 14.0 Å². The van der Waals surface area contributed by atoms with E-state index in [-0.39, 0.29) is 104 Å². The normalized spacial score (nSPS) is 14.9. The summed E-state index contributed by atoms with van der Waals surface area (Å²) in [4.78, 5) is 1.72.